The molecule has 0 aliphatic carbocycles. The van der Waals surface area contributed by atoms with E-state index in [-0.39, 0.29) is 12.6 Å². The van der Waals surface area contributed by atoms with Crippen LogP contribution in [0, 0.1) is 5.92 Å². The van der Waals surface area contributed by atoms with Crippen LogP contribution in [0.25, 0.3) is 0 Å². The number of nitrogens with one attached hydrogen (secondary N) is 1. The van der Waals surface area contributed by atoms with Crippen LogP contribution in [0.15, 0.2) is 28.7 Å². The highest BCUT2D eigenvalue weighted by Crippen LogP contribution is 2.25. The molecule has 0 spiro atoms. The zero-order valence-electron chi connectivity index (χ0n) is 9.03. The number of benzene rings is 1. The lowest BCUT2D eigenvalue weighted by Crippen LogP contribution is -2.33. The Morgan fingerprint density at radius 3 is 2.94 bits per heavy atom. The molecule has 3 nitrogen and oxygen atoms in total. The largest absolute Gasteiger partial charge is 0.394 e. The fourth-order valence-electron chi connectivity index (χ4n) is 1.96. The van der Waals surface area contributed by atoms with Crippen LogP contribution in [0.4, 0.5) is 5.69 Å². The van der Waals surface area contributed by atoms with Crippen LogP contribution in [0.2, 0.25) is 0 Å². The molecule has 1 fully saturated rings. The van der Waals surface area contributed by atoms with Gasteiger partial charge in [-0.2, -0.15) is 0 Å². The van der Waals surface area contributed by atoms with E-state index in [0.29, 0.717) is 5.92 Å². The van der Waals surface area contributed by atoms with Gasteiger partial charge in [-0.15, -0.1) is 0 Å². The second kappa shape index (κ2) is 5.66. The number of para-hydroxylation sites is 1. The molecular weight excluding hydrogens is 270 g/mol. The molecule has 2 N–H and O–H groups in total. The first-order valence-corrected chi connectivity index (χ1v) is 6.30. The van der Waals surface area contributed by atoms with Crippen LogP contribution in [0.3, 0.4) is 0 Å². The Labute approximate surface area is 104 Å². The summed E-state index contributed by atoms with van der Waals surface area (Å²) in [6, 6.07) is 8.01. The fraction of sp³-hybridized carbons (Fsp3) is 0.500. The molecule has 4 heteroatoms. The molecule has 1 aliphatic rings. The van der Waals surface area contributed by atoms with E-state index in [9.17, 15) is 5.11 Å². The molecule has 1 saturated heterocycles. The quantitative estimate of drug-likeness (QED) is 0.892. The third-order valence-electron chi connectivity index (χ3n) is 2.95. The highest BCUT2D eigenvalue weighted by atomic mass is 79.9. The number of halogens is 1. The van der Waals surface area contributed by atoms with Crippen LogP contribution >= 0.6 is 15.9 Å². The fourth-order valence-corrected chi connectivity index (χ4v) is 2.36. The molecule has 0 saturated carbocycles. The minimum Gasteiger partial charge on any atom is -0.394 e. The van der Waals surface area contributed by atoms with Crippen molar-refractivity contribution in [1.82, 2.24) is 0 Å². The van der Waals surface area contributed by atoms with Gasteiger partial charge in [-0.05, 0) is 34.5 Å². The summed E-state index contributed by atoms with van der Waals surface area (Å²) in [6.07, 6.45) is 1.02. The molecule has 2 unspecified atom stereocenters. The van der Waals surface area contributed by atoms with Crippen LogP contribution < -0.4 is 5.32 Å². The Balaban J connectivity index is 2.03. The molecule has 2 rings (SSSR count). The van der Waals surface area contributed by atoms with Crippen molar-refractivity contribution < 1.29 is 9.84 Å². The summed E-state index contributed by atoms with van der Waals surface area (Å²) in [5.74, 6) is 0.400. The van der Waals surface area contributed by atoms with E-state index < -0.39 is 0 Å². The predicted molar refractivity (Wildman–Crippen MR) is 67.6 cm³/mol. The summed E-state index contributed by atoms with van der Waals surface area (Å²) in [6.45, 7) is 1.68. The summed E-state index contributed by atoms with van der Waals surface area (Å²) >= 11 is 3.49. The summed E-state index contributed by atoms with van der Waals surface area (Å²) in [4.78, 5) is 0. The van der Waals surface area contributed by atoms with Gasteiger partial charge in [-0.3, -0.25) is 0 Å². The lowest BCUT2D eigenvalue weighted by Gasteiger charge is -2.23. The Bertz CT molecular complexity index is 340. The molecule has 1 aromatic rings. The average molecular weight is 286 g/mol. The van der Waals surface area contributed by atoms with Gasteiger partial charge in [0.25, 0.3) is 0 Å². The van der Waals surface area contributed by atoms with Crippen molar-refractivity contribution in [3.63, 3.8) is 0 Å². The van der Waals surface area contributed by atoms with Crippen molar-refractivity contribution in [2.45, 2.75) is 12.5 Å². The third kappa shape index (κ3) is 2.75. The molecule has 16 heavy (non-hydrogen) atoms. The minimum atomic E-state index is 0.0706. The number of hydrogen-bond acceptors (Lipinski definition) is 3. The van der Waals surface area contributed by atoms with Gasteiger partial charge in [0.1, 0.15) is 0 Å². The number of aliphatic hydroxyl groups is 1. The first-order valence-electron chi connectivity index (χ1n) is 5.51. The van der Waals surface area contributed by atoms with Crippen molar-refractivity contribution in [1.29, 1.82) is 0 Å². The Hall–Kier alpha value is -0.580. The molecule has 0 aromatic heterocycles. The molecule has 2 atom stereocenters. The SMILES string of the molecule is OCC(Nc1ccccc1Br)C1CCOC1. The van der Waals surface area contributed by atoms with E-state index in [0.717, 1.165) is 29.8 Å². The van der Waals surface area contributed by atoms with Gasteiger partial charge in [0.2, 0.25) is 0 Å². The smallest absolute Gasteiger partial charge is 0.0636 e. The zero-order valence-corrected chi connectivity index (χ0v) is 10.6. The summed E-state index contributed by atoms with van der Waals surface area (Å²) in [5.41, 5.74) is 1.02. The van der Waals surface area contributed by atoms with Gasteiger partial charge < -0.3 is 15.2 Å². The van der Waals surface area contributed by atoms with Crippen molar-refractivity contribution in [2.75, 3.05) is 25.1 Å². The van der Waals surface area contributed by atoms with Crippen LogP contribution in [-0.4, -0.2) is 31.0 Å². The van der Waals surface area contributed by atoms with Crippen molar-refractivity contribution in [2.24, 2.45) is 5.92 Å². The first-order chi connectivity index (χ1) is 7.81. The second-order valence-electron chi connectivity index (χ2n) is 4.04. The molecule has 1 aromatic carbocycles. The average Bonchev–Trinajstić information content (AvgIpc) is 2.81. The maximum atomic E-state index is 9.41. The van der Waals surface area contributed by atoms with Gasteiger partial charge in [0.05, 0.1) is 19.3 Å². The topological polar surface area (TPSA) is 41.5 Å². The minimum absolute atomic E-state index is 0.0706. The summed E-state index contributed by atoms with van der Waals surface area (Å²) in [7, 11) is 0. The number of rotatable bonds is 4. The number of anilines is 1. The molecule has 1 heterocycles. The normalized spacial score (nSPS) is 22.0. The van der Waals surface area contributed by atoms with Crippen LogP contribution in [0.1, 0.15) is 6.42 Å². The third-order valence-corrected chi connectivity index (χ3v) is 3.64. The molecule has 0 bridgehead atoms. The van der Waals surface area contributed by atoms with Crippen LogP contribution in [0.5, 0.6) is 0 Å². The standard InChI is InChI=1S/C12H16BrNO2/c13-10-3-1-2-4-11(10)14-12(7-15)9-5-6-16-8-9/h1-4,9,12,14-15H,5-8H2. The Morgan fingerprint density at radius 2 is 2.31 bits per heavy atom. The van der Waals surface area contributed by atoms with Gasteiger partial charge >= 0.3 is 0 Å². The van der Waals surface area contributed by atoms with Gasteiger partial charge in [0, 0.05) is 22.7 Å². The van der Waals surface area contributed by atoms with Gasteiger partial charge in [-0.1, -0.05) is 12.1 Å². The zero-order chi connectivity index (χ0) is 11.4. The first kappa shape index (κ1) is 11.9. The van der Waals surface area contributed by atoms with Gasteiger partial charge in [0.15, 0.2) is 0 Å². The lowest BCUT2D eigenvalue weighted by molar-refractivity contribution is 0.170. The highest BCUT2D eigenvalue weighted by Gasteiger charge is 2.25. The van der Waals surface area contributed by atoms with E-state index in [2.05, 4.69) is 21.2 Å². The van der Waals surface area contributed by atoms with Crippen LogP contribution in [-0.2, 0) is 4.74 Å². The maximum absolute atomic E-state index is 9.41. The molecule has 1 aliphatic heterocycles. The molecule has 88 valence electrons. The maximum Gasteiger partial charge on any atom is 0.0636 e. The molecular formula is C12H16BrNO2. The molecule has 0 amide bonds. The van der Waals surface area contributed by atoms with Gasteiger partial charge in [-0.25, -0.2) is 0 Å². The Morgan fingerprint density at radius 1 is 1.50 bits per heavy atom. The number of hydrogen-bond donors (Lipinski definition) is 2. The van der Waals surface area contributed by atoms with E-state index in [4.69, 9.17) is 4.74 Å². The van der Waals surface area contributed by atoms with Crippen molar-refractivity contribution >= 4 is 21.6 Å². The lowest BCUT2D eigenvalue weighted by atomic mass is 9.99. The monoisotopic (exact) mass is 285 g/mol. The highest BCUT2D eigenvalue weighted by molar-refractivity contribution is 9.10. The number of ether oxygens (including phenoxy) is 1. The second-order valence-corrected chi connectivity index (χ2v) is 4.89. The van der Waals surface area contributed by atoms with E-state index in [1.165, 1.54) is 0 Å². The Kier molecular flexibility index (Phi) is 4.21. The van der Waals surface area contributed by atoms with E-state index in [1.807, 2.05) is 24.3 Å². The van der Waals surface area contributed by atoms with Crippen molar-refractivity contribution in [3.05, 3.63) is 28.7 Å². The summed E-state index contributed by atoms with van der Waals surface area (Å²) < 4.78 is 6.37. The number of aliphatic hydroxyl groups excluding tert-OH is 1. The summed E-state index contributed by atoms with van der Waals surface area (Å²) in [5, 5.41) is 12.8. The van der Waals surface area contributed by atoms with E-state index >= 15 is 0 Å². The van der Waals surface area contributed by atoms with E-state index in [1.54, 1.807) is 0 Å². The predicted octanol–water partition coefficient (Wildman–Crippen LogP) is 2.26. The van der Waals surface area contributed by atoms with Crippen molar-refractivity contribution in [3.8, 4) is 0 Å². The molecule has 0 radical (unpaired) electrons.